The first-order valence-electron chi connectivity index (χ1n) is 3.02. The van der Waals surface area contributed by atoms with E-state index in [2.05, 4.69) is 4.74 Å². The van der Waals surface area contributed by atoms with Gasteiger partial charge in [-0.3, -0.25) is 4.79 Å². The van der Waals surface area contributed by atoms with Crippen molar-refractivity contribution < 1.29 is 49.0 Å². The summed E-state index contributed by atoms with van der Waals surface area (Å²) in [6.45, 7) is 1.95. The van der Waals surface area contributed by atoms with Crippen molar-refractivity contribution in [1.29, 1.82) is 0 Å². The summed E-state index contributed by atoms with van der Waals surface area (Å²) in [5.41, 5.74) is 0. The van der Waals surface area contributed by atoms with Crippen LogP contribution in [0.1, 0.15) is 19.8 Å². The molecule has 4 nitrogen and oxygen atoms in total. The summed E-state index contributed by atoms with van der Waals surface area (Å²) in [7, 11) is 0. The Labute approximate surface area is 87.2 Å². The van der Waals surface area contributed by atoms with Crippen molar-refractivity contribution in [2.24, 2.45) is 0 Å². The molecule has 0 aliphatic heterocycles. The normalized spacial score (nSPS) is 8.09. The third-order valence-electron chi connectivity index (χ3n) is 0.839. The Morgan fingerprint density at radius 1 is 1.36 bits per heavy atom. The fourth-order valence-corrected chi connectivity index (χ4v) is 0.437. The summed E-state index contributed by atoms with van der Waals surface area (Å²) in [5, 5.41) is 9.79. The van der Waals surface area contributed by atoms with Crippen molar-refractivity contribution in [3.63, 3.8) is 0 Å². The molecular formula is C6H9NaO4. The molecule has 0 unspecified atom stereocenters. The number of carbonyl (C=O) groups is 2. The zero-order chi connectivity index (χ0) is 7.98. The van der Waals surface area contributed by atoms with Gasteiger partial charge in [-0.1, -0.05) is 0 Å². The second kappa shape index (κ2) is 8.04. The molecule has 0 aromatic heterocycles. The quantitative estimate of drug-likeness (QED) is 0.318. The fraction of sp³-hybridized carbons (Fsp3) is 0.667. The monoisotopic (exact) mass is 168 g/mol. The minimum atomic E-state index is -1.23. The molecule has 0 amide bonds. The standard InChI is InChI=1S/C6H10O4.Na/c1-2-10-6(9)4-3-5(7)8;/h2-4H2,1H3,(H,7,8);/q;+1/p-1. The van der Waals surface area contributed by atoms with Crippen molar-refractivity contribution in [1.82, 2.24) is 0 Å². The SMILES string of the molecule is CCOC(=O)CCC(=O)[O-].[Na+]. The summed E-state index contributed by atoms with van der Waals surface area (Å²) in [6, 6.07) is 0. The van der Waals surface area contributed by atoms with Gasteiger partial charge >= 0.3 is 35.5 Å². The number of esters is 1. The molecule has 0 fully saturated rings. The van der Waals surface area contributed by atoms with Gasteiger partial charge in [0, 0.05) is 5.97 Å². The van der Waals surface area contributed by atoms with Gasteiger partial charge in [-0.15, -0.1) is 0 Å². The summed E-state index contributed by atoms with van der Waals surface area (Å²) < 4.78 is 4.46. The van der Waals surface area contributed by atoms with Gasteiger partial charge in [-0.25, -0.2) is 0 Å². The molecule has 58 valence electrons. The van der Waals surface area contributed by atoms with Crippen LogP contribution in [0.4, 0.5) is 0 Å². The van der Waals surface area contributed by atoms with E-state index < -0.39 is 11.9 Å². The fourth-order valence-electron chi connectivity index (χ4n) is 0.437. The number of ether oxygens (including phenoxy) is 1. The Morgan fingerprint density at radius 3 is 2.27 bits per heavy atom. The van der Waals surface area contributed by atoms with E-state index in [0.29, 0.717) is 0 Å². The van der Waals surface area contributed by atoms with E-state index in [0.717, 1.165) is 0 Å². The topological polar surface area (TPSA) is 66.4 Å². The van der Waals surface area contributed by atoms with E-state index >= 15 is 0 Å². The van der Waals surface area contributed by atoms with E-state index in [-0.39, 0.29) is 49.0 Å². The molecule has 0 heterocycles. The average Bonchev–Trinajstić information content (AvgIpc) is 1.85. The summed E-state index contributed by atoms with van der Waals surface area (Å²) in [4.78, 5) is 20.2. The number of carbonyl (C=O) groups excluding carboxylic acids is 2. The second-order valence-electron chi connectivity index (χ2n) is 1.68. The van der Waals surface area contributed by atoms with Crippen LogP contribution >= 0.6 is 0 Å². The van der Waals surface area contributed by atoms with Crippen LogP contribution in [-0.2, 0) is 14.3 Å². The molecule has 0 N–H and O–H groups in total. The van der Waals surface area contributed by atoms with Crippen molar-refractivity contribution in [3.05, 3.63) is 0 Å². The zero-order valence-electron chi connectivity index (χ0n) is 6.75. The Hall–Kier alpha value is -0.0600. The van der Waals surface area contributed by atoms with Crippen LogP contribution < -0.4 is 34.7 Å². The number of rotatable bonds is 4. The average molecular weight is 168 g/mol. The molecule has 11 heavy (non-hydrogen) atoms. The summed E-state index contributed by atoms with van der Waals surface area (Å²) >= 11 is 0. The van der Waals surface area contributed by atoms with Gasteiger partial charge in [0.1, 0.15) is 0 Å². The van der Waals surface area contributed by atoms with Gasteiger partial charge in [0.15, 0.2) is 0 Å². The first-order chi connectivity index (χ1) is 4.66. The van der Waals surface area contributed by atoms with Crippen molar-refractivity contribution in [2.45, 2.75) is 19.8 Å². The molecule has 0 atom stereocenters. The van der Waals surface area contributed by atoms with E-state index in [4.69, 9.17) is 0 Å². The Kier molecular flexibility index (Phi) is 9.89. The maximum atomic E-state index is 10.4. The molecule has 5 heteroatoms. The van der Waals surface area contributed by atoms with Crippen molar-refractivity contribution in [2.75, 3.05) is 6.61 Å². The predicted molar refractivity (Wildman–Crippen MR) is 30.9 cm³/mol. The molecule has 0 aliphatic carbocycles. The van der Waals surface area contributed by atoms with Gasteiger partial charge in [-0.2, -0.15) is 0 Å². The smallest absolute Gasteiger partial charge is 0.550 e. The van der Waals surface area contributed by atoms with E-state index in [1.165, 1.54) is 0 Å². The van der Waals surface area contributed by atoms with Crippen LogP contribution in [0.2, 0.25) is 0 Å². The van der Waals surface area contributed by atoms with Crippen LogP contribution in [0.3, 0.4) is 0 Å². The first kappa shape index (κ1) is 13.5. The van der Waals surface area contributed by atoms with E-state index in [1.807, 2.05) is 0 Å². The maximum absolute atomic E-state index is 10.4. The predicted octanol–water partition coefficient (Wildman–Crippen LogP) is -3.92. The van der Waals surface area contributed by atoms with Crippen LogP contribution in [-0.4, -0.2) is 18.5 Å². The summed E-state index contributed by atoms with van der Waals surface area (Å²) in [6.07, 6.45) is -0.366. The van der Waals surface area contributed by atoms with Crippen molar-refractivity contribution in [3.8, 4) is 0 Å². The van der Waals surface area contributed by atoms with Crippen LogP contribution in [0.15, 0.2) is 0 Å². The molecular weight excluding hydrogens is 159 g/mol. The molecule has 0 radical (unpaired) electrons. The Balaban J connectivity index is 0. The molecule has 0 aliphatic rings. The second-order valence-corrected chi connectivity index (χ2v) is 1.68. The Bertz CT molecular complexity index is 135. The Morgan fingerprint density at radius 2 is 1.91 bits per heavy atom. The van der Waals surface area contributed by atoms with Crippen LogP contribution in [0.25, 0.3) is 0 Å². The molecule has 0 aromatic rings. The first-order valence-corrected chi connectivity index (χ1v) is 3.02. The largest absolute Gasteiger partial charge is 1.00 e. The molecule has 0 rings (SSSR count). The van der Waals surface area contributed by atoms with Crippen LogP contribution in [0, 0.1) is 0 Å². The minimum absolute atomic E-state index is 0. The van der Waals surface area contributed by atoms with Gasteiger partial charge in [0.25, 0.3) is 0 Å². The minimum Gasteiger partial charge on any atom is -0.550 e. The molecule has 0 saturated heterocycles. The maximum Gasteiger partial charge on any atom is 1.00 e. The number of hydrogen-bond acceptors (Lipinski definition) is 4. The van der Waals surface area contributed by atoms with Gasteiger partial charge in [-0.05, 0) is 13.3 Å². The molecule has 0 bridgehead atoms. The van der Waals surface area contributed by atoms with Gasteiger partial charge in [0.05, 0.1) is 13.0 Å². The van der Waals surface area contributed by atoms with Crippen LogP contribution in [0.5, 0.6) is 0 Å². The number of carboxylic acids is 1. The number of aliphatic carboxylic acids is 1. The molecule has 0 aromatic carbocycles. The third-order valence-corrected chi connectivity index (χ3v) is 0.839. The number of hydrogen-bond donors (Lipinski definition) is 0. The molecule has 0 saturated carbocycles. The third kappa shape index (κ3) is 9.94. The van der Waals surface area contributed by atoms with E-state index in [1.54, 1.807) is 6.92 Å². The van der Waals surface area contributed by atoms with E-state index in [9.17, 15) is 14.7 Å². The van der Waals surface area contributed by atoms with Crippen molar-refractivity contribution >= 4 is 11.9 Å². The van der Waals surface area contributed by atoms with Gasteiger partial charge in [0.2, 0.25) is 0 Å². The zero-order valence-corrected chi connectivity index (χ0v) is 8.75. The summed E-state index contributed by atoms with van der Waals surface area (Å²) in [5.74, 6) is -1.72. The van der Waals surface area contributed by atoms with Gasteiger partial charge < -0.3 is 14.6 Å². The number of carboxylic acid groups (broad SMARTS) is 1. The molecule has 0 spiro atoms.